The first-order valence-corrected chi connectivity index (χ1v) is 14.8. The molecule has 10 nitrogen and oxygen atoms in total. The summed E-state index contributed by atoms with van der Waals surface area (Å²) in [6.07, 6.45) is -3.64. The summed E-state index contributed by atoms with van der Waals surface area (Å²) in [5.74, 6) is -0.0561. The number of ether oxygens (including phenoxy) is 2. The van der Waals surface area contributed by atoms with Gasteiger partial charge in [-0.2, -0.15) is 4.99 Å². The summed E-state index contributed by atoms with van der Waals surface area (Å²) in [7, 11) is 1.58. The molecule has 3 amide bonds. The largest absolute Gasteiger partial charge is 0.573 e. The number of carbonyl (C=O) groups is 2. The van der Waals surface area contributed by atoms with E-state index in [-0.39, 0.29) is 28.7 Å². The van der Waals surface area contributed by atoms with Crippen LogP contribution in [0.5, 0.6) is 5.75 Å². The van der Waals surface area contributed by atoms with Crippen molar-refractivity contribution in [3.05, 3.63) is 82.6 Å². The highest BCUT2D eigenvalue weighted by Gasteiger charge is 2.33. The number of aryl methyl sites for hydroxylation is 1. The number of aromatic nitrogens is 3. The number of hydrogen-bond donors (Lipinski definition) is 1. The Bertz CT molecular complexity index is 1750. The molecule has 1 aromatic heterocycles. The highest BCUT2D eigenvalue weighted by Crippen LogP contribution is 2.35. The molecule has 1 fully saturated rings. The molecule has 1 unspecified atom stereocenters. The Labute approximate surface area is 262 Å². The highest BCUT2D eigenvalue weighted by molar-refractivity contribution is 9.10. The van der Waals surface area contributed by atoms with E-state index in [9.17, 15) is 22.8 Å². The number of rotatable bonds is 7. The quantitative estimate of drug-likeness (QED) is 0.217. The molecule has 0 bridgehead atoms. The Morgan fingerprint density at radius 2 is 1.89 bits per heavy atom. The standard InChI is InChI=1S/C29H24BrF3N6O4S/c1-16-4-10-21(17(2)42-3)24(12-16)39-25(40)14-44-28(39)36-27(41)35-23-11-5-18(13-22(23)30)26-34-15-38(37-26)19-6-8-20(9-7-19)43-29(31,32)33/h4-13,15,17H,14H2,1-3H3,(H,35,41)/b36-28-. The van der Waals surface area contributed by atoms with Crippen molar-refractivity contribution >= 4 is 56.2 Å². The third kappa shape index (κ3) is 7.11. The second-order valence-corrected chi connectivity index (χ2v) is 11.3. The van der Waals surface area contributed by atoms with Crippen LogP contribution in [0.3, 0.4) is 0 Å². The Morgan fingerprint density at radius 3 is 2.57 bits per heavy atom. The van der Waals surface area contributed by atoms with Crippen LogP contribution in [-0.2, 0) is 9.53 Å². The molecule has 2 heterocycles. The number of amides is 3. The van der Waals surface area contributed by atoms with Crippen molar-refractivity contribution in [2.24, 2.45) is 4.99 Å². The Balaban J connectivity index is 1.31. The van der Waals surface area contributed by atoms with E-state index >= 15 is 0 Å². The van der Waals surface area contributed by atoms with Crippen molar-refractivity contribution in [1.82, 2.24) is 14.8 Å². The number of halogens is 4. The minimum Gasteiger partial charge on any atom is -0.406 e. The molecule has 3 aromatic carbocycles. The van der Waals surface area contributed by atoms with Crippen molar-refractivity contribution < 1.29 is 32.2 Å². The fourth-order valence-electron chi connectivity index (χ4n) is 4.31. The second kappa shape index (κ2) is 12.8. The van der Waals surface area contributed by atoms with Gasteiger partial charge in [-0.05, 0) is 83.9 Å². The number of thioether (sulfide) groups is 1. The monoisotopic (exact) mass is 688 g/mol. The fourth-order valence-corrected chi connectivity index (χ4v) is 5.64. The Kier molecular flexibility index (Phi) is 9.08. The molecule has 4 aromatic rings. The number of methoxy groups -OCH3 is 1. The molecule has 5 rings (SSSR count). The SMILES string of the molecule is COC(C)c1ccc(C)cc1N1C(=O)CS/C1=N\C(=O)Nc1ccc(-c2ncn(-c3ccc(OC(F)(F)F)cc3)n2)cc1Br. The van der Waals surface area contributed by atoms with Crippen molar-refractivity contribution in [1.29, 1.82) is 0 Å². The van der Waals surface area contributed by atoms with Gasteiger partial charge < -0.3 is 14.8 Å². The minimum atomic E-state index is -4.78. The molecular formula is C29H24BrF3N6O4S. The van der Waals surface area contributed by atoms with Crippen molar-refractivity contribution in [3.8, 4) is 22.8 Å². The molecule has 1 atom stereocenters. The fraction of sp³-hybridized carbons (Fsp3) is 0.207. The first-order valence-electron chi connectivity index (χ1n) is 13.0. The van der Waals surface area contributed by atoms with Gasteiger partial charge in [-0.25, -0.2) is 14.5 Å². The lowest BCUT2D eigenvalue weighted by Crippen LogP contribution is -2.31. The molecule has 1 saturated heterocycles. The number of amidine groups is 1. The van der Waals surface area contributed by atoms with Crippen LogP contribution in [0.1, 0.15) is 24.2 Å². The topological polar surface area (TPSA) is 111 Å². The summed E-state index contributed by atoms with van der Waals surface area (Å²) in [6.45, 7) is 3.79. The molecule has 15 heteroatoms. The van der Waals surface area contributed by atoms with Crippen LogP contribution in [-0.4, -0.2) is 51.1 Å². The number of alkyl halides is 3. The van der Waals surface area contributed by atoms with Gasteiger partial charge in [0.2, 0.25) is 5.91 Å². The van der Waals surface area contributed by atoms with Gasteiger partial charge in [-0.15, -0.1) is 18.3 Å². The summed E-state index contributed by atoms with van der Waals surface area (Å²) < 4.78 is 48.6. The lowest BCUT2D eigenvalue weighted by Gasteiger charge is -2.23. The highest BCUT2D eigenvalue weighted by atomic mass is 79.9. The molecule has 0 aliphatic carbocycles. The van der Waals surface area contributed by atoms with Gasteiger partial charge >= 0.3 is 12.4 Å². The maximum absolute atomic E-state index is 13.0. The Hall–Kier alpha value is -4.21. The van der Waals surface area contributed by atoms with E-state index < -0.39 is 12.4 Å². The molecule has 1 aliphatic heterocycles. The average Bonchev–Trinajstić information content (AvgIpc) is 3.60. The van der Waals surface area contributed by atoms with Crippen molar-refractivity contribution in [3.63, 3.8) is 0 Å². The van der Waals surface area contributed by atoms with E-state index in [4.69, 9.17) is 4.74 Å². The van der Waals surface area contributed by atoms with Crippen LogP contribution < -0.4 is 15.0 Å². The first-order chi connectivity index (χ1) is 20.9. The van der Waals surface area contributed by atoms with Gasteiger partial charge in [0.15, 0.2) is 11.0 Å². The summed E-state index contributed by atoms with van der Waals surface area (Å²) >= 11 is 4.62. The summed E-state index contributed by atoms with van der Waals surface area (Å²) in [6, 6.07) is 15.3. The average molecular weight is 690 g/mol. The van der Waals surface area contributed by atoms with E-state index in [1.165, 1.54) is 51.9 Å². The minimum absolute atomic E-state index is 0.143. The summed E-state index contributed by atoms with van der Waals surface area (Å²) in [5.41, 5.74) is 3.87. The van der Waals surface area contributed by atoms with Crippen LogP contribution in [0.4, 0.5) is 29.3 Å². The van der Waals surface area contributed by atoms with E-state index in [0.29, 0.717) is 32.9 Å². The van der Waals surface area contributed by atoms with E-state index in [0.717, 1.165) is 11.1 Å². The molecule has 0 spiro atoms. The first kappa shape index (κ1) is 31.2. The second-order valence-electron chi connectivity index (χ2n) is 9.53. The lowest BCUT2D eigenvalue weighted by atomic mass is 10.0. The van der Waals surface area contributed by atoms with Crippen LogP contribution in [0.2, 0.25) is 0 Å². The van der Waals surface area contributed by atoms with E-state index in [1.54, 1.807) is 25.3 Å². The maximum atomic E-state index is 13.0. The van der Waals surface area contributed by atoms with Gasteiger partial charge in [-0.1, -0.05) is 23.9 Å². The van der Waals surface area contributed by atoms with E-state index in [2.05, 4.69) is 41.1 Å². The zero-order chi connectivity index (χ0) is 31.6. The number of hydrogen-bond acceptors (Lipinski definition) is 7. The number of anilines is 2. The zero-order valence-corrected chi connectivity index (χ0v) is 25.8. The number of urea groups is 1. The van der Waals surface area contributed by atoms with E-state index in [1.807, 2.05) is 32.0 Å². The van der Waals surface area contributed by atoms with Gasteiger partial charge in [0, 0.05) is 22.7 Å². The summed E-state index contributed by atoms with van der Waals surface area (Å²) in [4.78, 5) is 35.8. The number of carbonyl (C=O) groups excluding carboxylic acids is 2. The number of aliphatic imine (C=N–C) groups is 1. The maximum Gasteiger partial charge on any atom is 0.573 e. The normalized spacial score (nSPS) is 15.1. The number of benzene rings is 3. The van der Waals surface area contributed by atoms with Gasteiger partial charge in [0.25, 0.3) is 0 Å². The molecule has 1 aliphatic rings. The zero-order valence-electron chi connectivity index (χ0n) is 23.4. The van der Waals surface area contributed by atoms with Crippen molar-refractivity contribution in [2.75, 3.05) is 23.1 Å². The van der Waals surface area contributed by atoms with Crippen LogP contribution in [0, 0.1) is 6.92 Å². The summed E-state index contributed by atoms with van der Waals surface area (Å²) in [5, 5.41) is 7.38. The Morgan fingerprint density at radius 1 is 1.14 bits per heavy atom. The molecular weight excluding hydrogens is 665 g/mol. The van der Waals surface area contributed by atoms with Gasteiger partial charge in [0.05, 0.1) is 28.9 Å². The molecule has 228 valence electrons. The molecule has 44 heavy (non-hydrogen) atoms. The van der Waals surface area contributed by atoms with Gasteiger partial charge in [0.1, 0.15) is 12.1 Å². The molecule has 0 radical (unpaired) electrons. The number of nitrogens with one attached hydrogen (secondary N) is 1. The predicted molar refractivity (Wildman–Crippen MR) is 164 cm³/mol. The number of nitrogens with zero attached hydrogens (tertiary/aromatic N) is 5. The van der Waals surface area contributed by atoms with Crippen LogP contribution >= 0.6 is 27.7 Å². The molecule has 0 saturated carbocycles. The predicted octanol–water partition coefficient (Wildman–Crippen LogP) is 7.28. The third-order valence-corrected chi connectivity index (χ3v) is 8.06. The van der Waals surface area contributed by atoms with Crippen LogP contribution in [0.25, 0.3) is 17.1 Å². The van der Waals surface area contributed by atoms with Gasteiger partial charge in [-0.3, -0.25) is 9.69 Å². The smallest absolute Gasteiger partial charge is 0.406 e. The molecule has 1 N–H and O–H groups in total. The van der Waals surface area contributed by atoms with Crippen LogP contribution in [0.15, 0.2) is 76.5 Å². The lowest BCUT2D eigenvalue weighted by molar-refractivity contribution is -0.274. The third-order valence-electron chi connectivity index (χ3n) is 6.48. The van der Waals surface area contributed by atoms with Crippen molar-refractivity contribution in [2.45, 2.75) is 26.3 Å².